The number of halogens is 2. The molecule has 33 heavy (non-hydrogen) atoms. The number of carboxylic acids is 1. The van der Waals surface area contributed by atoms with Crippen LogP contribution in [0.25, 0.3) is 10.9 Å². The number of rotatable bonds is 7. The molecule has 5 rings (SSSR count). The summed E-state index contributed by atoms with van der Waals surface area (Å²) in [4.78, 5) is 14.6. The highest BCUT2D eigenvalue weighted by Crippen LogP contribution is 2.49. The van der Waals surface area contributed by atoms with Crippen molar-refractivity contribution in [1.82, 2.24) is 4.98 Å². The molecule has 0 saturated heterocycles. The van der Waals surface area contributed by atoms with Crippen LogP contribution in [0.4, 0.5) is 8.78 Å². The predicted octanol–water partition coefficient (Wildman–Crippen LogP) is 6.37. The molecule has 2 aromatic carbocycles. The van der Waals surface area contributed by atoms with Gasteiger partial charge < -0.3 is 19.6 Å². The van der Waals surface area contributed by atoms with Crippen LogP contribution in [0.3, 0.4) is 0 Å². The van der Waals surface area contributed by atoms with Gasteiger partial charge in [0.25, 0.3) is 0 Å². The van der Waals surface area contributed by atoms with Crippen molar-refractivity contribution in [2.24, 2.45) is 0 Å². The number of hydrogen-bond donors (Lipinski definition) is 2. The number of carbonyl (C=O) groups is 1. The number of hydrogen-bond acceptors (Lipinski definition) is 3. The Morgan fingerprint density at radius 1 is 1.12 bits per heavy atom. The van der Waals surface area contributed by atoms with E-state index >= 15 is 0 Å². The zero-order chi connectivity index (χ0) is 23.1. The topological polar surface area (TPSA) is 71.6 Å². The average molecular weight is 456 g/mol. The summed E-state index contributed by atoms with van der Waals surface area (Å²) in [5.74, 6) is 0.183. The Kier molecular flexibility index (Phi) is 5.83. The molecule has 2 aliphatic carbocycles. The largest absolute Gasteiger partial charge is 0.489 e. The van der Waals surface area contributed by atoms with Gasteiger partial charge in [0.1, 0.15) is 11.9 Å². The molecule has 174 valence electrons. The molecule has 3 atom stereocenters. The highest BCUT2D eigenvalue weighted by atomic mass is 19.3. The van der Waals surface area contributed by atoms with Gasteiger partial charge in [-0.3, -0.25) is 0 Å². The van der Waals surface area contributed by atoms with Crippen molar-refractivity contribution < 1.29 is 28.2 Å². The third-order valence-corrected chi connectivity index (χ3v) is 6.93. The number of nitrogens with one attached hydrogen (secondary N) is 1. The minimum absolute atomic E-state index is 0.187. The molecule has 0 unspecified atom stereocenters. The molecule has 3 aromatic rings. The molecule has 0 radical (unpaired) electrons. The van der Waals surface area contributed by atoms with Gasteiger partial charge >= 0.3 is 12.6 Å². The van der Waals surface area contributed by atoms with Crippen molar-refractivity contribution in [2.75, 3.05) is 0 Å². The average Bonchev–Trinajstić information content (AvgIpc) is 3.51. The number of carboxylic acid groups (broad SMARTS) is 1. The smallest absolute Gasteiger partial charge is 0.345 e. The number of benzene rings is 2. The highest BCUT2D eigenvalue weighted by Gasteiger charge is 2.37. The second kappa shape index (κ2) is 8.78. The first kappa shape index (κ1) is 21.9. The Morgan fingerprint density at radius 3 is 2.55 bits per heavy atom. The zero-order valence-corrected chi connectivity index (χ0v) is 18.4. The summed E-state index contributed by atoms with van der Waals surface area (Å²) in [5.41, 5.74) is 4.50. The molecule has 2 saturated carbocycles. The lowest BCUT2D eigenvalue weighted by molar-refractivity contribution is -0.175. The number of aryl methyl sites for hydroxylation is 1. The fraction of sp³-hybridized carbons (Fsp3) is 0.423. The van der Waals surface area contributed by atoms with Gasteiger partial charge in [0.15, 0.2) is 0 Å². The maximum atomic E-state index is 12.9. The highest BCUT2D eigenvalue weighted by molar-refractivity contribution is 5.90. The van der Waals surface area contributed by atoms with Crippen LogP contribution in [-0.2, 0) is 4.74 Å². The van der Waals surface area contributed by atoms with E-state index in [9.17, 15) is 18.7 Å². The van der Waals surface area contributed by atoms with E-state index in [2.05, 4.69) is 18.0 Å². The molecule has 0 amide bonds. The van der Waals surface area contributed by atoms with E-state index in [1.165, 1.54) is 11.1 Å². The summed E-state index contributed by atoms with van der Waals surface area (Å²) in [5, 5.41) is 10.3. The summed E-state index contributed by atoms with van der Waals surface area (Å²) in [6, 6.07) is 10.9. The van der Waals surface area contributed by atoms with Crippen molar-refractivity contribution in [1.29, 1.82) is 0 Å². The number of aromatic amines is 1. The van der Waals surface area contributed by atoms with E-state index < -0.39 is 18.7 Å². The molecule has 2 aliphatic rings. The van der Waals surface area contributed by atoms with E-state index in [-0.39, 0.29) is 17.6 Å². The number of aromatic carboxylic acids is 1. The Labute approximate surface area is 190 Å². The van der Waals surface area contributed by atoms with Crippen molar-refractivity contribution in [3.63, 3.8) is 0 Å². The second-order valence-electron chi connectivity index (χ2n) is 9.17. The van der Waals surface area contributed by atoms with Crippen molar-refractivity contribution in [3.05, 3.63) is 64.8 Å². The lowest BCUT2D eigenvalue weighted by atomic mass is 9.79. The van der Waals surface area contributed by atoms with Crippen molar-refractivity contribution in [3.8, 4) is 5.75 Å². The summed E-state index contributed by atoms with van der Waals surface area (Å²) >= 11 is 0. The van der Waals surface area contributed by atoms with E-state index in [0.717, 1.165) is 35.1 Å². The first-order valence-electron chi connectivity index (χ1n) is 11.4. The molecule has 0 aliphatic heterocycles. The van der Waals surface area contributed by atoms with Crippen molar-refractivity contribution in [2.45, 2.75) is 69.7 Å². The molecule has 5 nitrogen and oxygen atoms in total. The first-order valence-corrected chi connectivity index (χ1v) is 11.4. The van der Waals surface area contributed by atoms with Gasteiger partial charge in [0.2, 0.25) is 0 Å². The van der Waals surface area contributed by atoms with Crippen LogP contribution in [-0.4, -0.2) is 34.9 Å². The van der Waals surface area contributed by atoms with E-state index in [0.29, 0.717) is 25.2 Å². The van der Waals surface area contributed by atoms with E-state index in [4.69, 9.17) is 9.47 Å². The predicted molar refractivity (Wildman–Crippen MR) is 120 cm³/mol. The first-order chi connectivity index (χ1) is 15.9. The van der Waals surface area contributed by atoms with Crippen LogP contribution in [0.15, 0.2) is 42.6 Å². The van der Waals surface area contributed by atoms with Gasteiger partial charge in [-0.25, -0.2) is 4.79 Å². The number of ether oxygens (including phenoxy) is 2. The van der Waals surface area contributed by atoms with Gasteiger partial charge in [0.05, 0.1) is 17.2 Å². The Hall–Kier alpha value is -2.93. The maximum Gasteiger partial charge on any atom is 0.345 e. The van der Waals surface area contributed by atoms with Crippen LogP contribution in [0.1, 0.15) is 71.0 Å². The van der Waals surface area contributed by atoms with E-state index in [1.54, 1.807) is 24.3 Å². The summed E-state index contributed by atoms with van der Waals surface area (Å²) in [7, 11) is 0. The third kappa shape index (κ3) is 4.47. The van der Waals surface area contributed by atoms with Gasteiger partial charge in [-0.15, -0.1) is 0 Å². The number of aromatic nitrogens is 1. The SMILES string of the molecule is Cc1cc(C2CC2)c(O[C@@H]2CC[C@H](OC(F)F)C[C@H]2c2ccc(C(=O)O)cc2)c2cc[nH]c12. The quantitative estimate of drug-likeness (QED) is 0.434. The molecule has 2 N–H and O–H groups in total. The Morgan fingerprint density at radius 2 is 1.88 bits per heavy atom. The second-order valence-corrected chi connectivity index (χ2v) is 9.17. The standard InChI is InChI=1S/C26H27F2NO4/c1-14-12-21(16-2-3-16)24(19-10-11-29-23(14)19)33-22-9-8-18(32-26(27)28)13-20(22)15-4-6-17(7-5-15)25(30)31/h4-7,10-12,16,18,20,22,26,29H,2-3,8-9,13H2,1H3,(H,30,31)/t18-,20-,22+/m0/s1. The number of H-pyrrole nitrogens is 1. The fourth-order valence-electron chi connectivity index (χ4n) is 5.13. The van der Waals surface area contributed by atoms with Gasteiger partial charge in [-0.05, 0) is 79.8 Å². The fourth-order valence-corrected chi connectivity index (χ4v) is 5.13. The molecular formula is C26H27F2NO4. The Bertz CT molecular complexity index is 1150. The third-order valence-electron chi connectivity index (χ3n) is 6.93. The minimum Gasteiger partial charge on any atom is -0.489 e. The van der Waals surface area contributed by atoms with Crippen LogP contribution in [0.5, 0.6) is 5.75 Å². The molecule has 1 heterocycles. The molecule has 2 fully saturated rings. The normalized spacial score (nSPS) is 23.2. The number of alkyl halides is 2. The van der Waals surface area contributed by atoms with Gasteiger partial charge in [-0.2, -0.15) is 8.78 Å². The summed E-state index contributed by atoms with van der Waals surface area (Å²) < 4.78 is 37.5. The van der Waals surface area contributed by atoms with Crippen LogP contribution in [0, 0.1) is 6.92 Å². The molecule has 7 heteroatoms. The monoisotopic (exact) mass is 455 g/mol. The van der Waals surface area contributed by atoms with Crippen molar-refractivity contribution >= 4 is 16.9 Å². The van der Waals surface area contributed by atoms with Crippen LogP contribution in [0.2, 0.25) is 0 Å². The van der Waals surface area contributed by atoms with Gasteiger partial charge in [-0.1, -0.05) is 18.2 Å². The maximum absolute atomic E-state index is 12.9. The summed E-state index contributed by atoms with van der Waals surface area (Å²) in [6.45, 7) is -0.727. The molecule has 1 aromatic heterocycles. The Balaban J connectivity index is 1.49. The van der Waals surface area contributed by atoms with Crippen LogP contribution >= 0.6 is 0 Å². The molecular weight excluding hydrogens is 428 g/mol. The van der Waals surface area contributed by atoms with Crippen LogP contribution < -0.4 is 4.74 Å². The zero-order valence-electron chi connectivity index (χ0n) is 18.4. The lowest BCUT2D eigenvalue weighted by Gasteiger charge is -2.37. The summed E-state index contributed by atoms with van der Waals surface area (Å²) in [6.07, 6.45) is 4.85. The minimum atomic E-state index is -2.82. The number of fused-ring (bicyclic) bond motifs is 1. The molecule has 0 bridgehead atoms. The molecule has 0 spiro atoms. The lowest BCUT2D eigenvalue weighted by Crippen LogP contribution is -2.36. The van der Waals surface area contributed by atoms with Gasteiger partial charge in [0, 0.05) is 17.5 Å². The van der Waals surface area contributed by atoms with E-state index in [1.807, 2.05) is 12.3 Å².